The van der Waals surface area contributed by atoms with Gasteiger partial charge in [0.2, 0.25) is 5.91 Å². The Balaban J connectivity index is 1.73. The molecule has 0 bridgehead atoms. The highest BCUT2D eigenvalue weighted by Crippen LogP contribution is 2.47. The number of hydrogen-bond acceptors (Lipinski definition) is 2. The summed E-state index contributed by atoms with van der Waals surface area (Å²) in [5.74, 6) is -0.810. The minimum atomic E-state index is -0.810. The van der Waals surface area contributed by atoms with Crippen molar-refractivity contribution in [3.8, 4) is 0 Å². The number of amides is 1. The van der Waals surface area contributed by atoms with Crippen LogP contribution in [0.25, 0.3) is 0 Å². The van der Waals surface area contributed by atoms with E-state index in [1.165, 1.54) is 5.56 Å². The molecule has 2 rings (SSSR count). The van der Waals surface area contributed by atoms with Gasteiger partial charge < -0.3 is 10.4 Å². The molecule has 5 heteroatoms. The third kappa shape index (κ3) is 4.74. The number of aliphatic carboxylic acids is 1. The second-order valence-corrected chi connectivity index (χ2v) is 6.10. The molecule has 21 heavy (non-hydrogen) atoms. The van der Waals surface area contributed by atoms with E-state index in [9.17, 15) is 9.59 Å². The fourth-order valence-corrected chi connectivity index (χ4v) is 2.57. The van der Waals surface area contributed by atoms with Gasteiger partial charge in [0.15, 0.2) is 0 Å². The van der Waals surface area contributed by atoms with Crippen LogP contribution in [-0.4, -0.2) is 23.5 Å². The third-order valence-corrected chi connectivity index (χ3v) is 4.23. The smallest absolute Gasteiger partial charge is 0.303 e. The molecule has 0 unspecified atom stereocenters. The Labute approximate surface area is 129 Å². The molecule has 2 N–H and O–H groups in total. The lowest BCUT2D eigenvalue weighted by Gasteiger charge is -2.16. The predicted molar refractivity (Wildman–Crippen MR) is 81.5 cm³/mol. The van der Waals surface area contributed by atoms with Crippen molar-refractivity contribution >= 4 is 23.5 Å². The standard InChI is InChI=1S/C16H20ClNO3/c17-13-7-5-12(6-8-13)16(9-10-16)11-18-14(19)3-1-2-4-15(20)21/h5-8H,1-4,9-11H2,(H,18,19)(H,20,21). The minimum absolute atomic E-state index is 0.000581. The summed E-state index contributed by atoms with van der Waals surface area (Å²) >= 11 is 5.89. The fraction of sp³-hybridized carbons (Fsp3) is 0.500. The van der Waals surface area contributed by atoms with E-state index in [0.29, 0.717) is 25.8 Å². The molecule has 0 aliphatic heterocycles. The van der Waals surface area contributed by atoms with Crippen LogP contribution >= 0.6 is 11.6 Å². The first-order valence-electron chi connectivity index (χ1n) is 7.26. The van der Waals surface area contributed by atoms with Crippen LogP contribution in [0.1, 0.15) is 44.1 Å². The molecule has 0 atom stereocenters. The second kappa shape index (κ2) is 6.94. The van der Waals surface area contributed by atoms with Gasteiger partial charge in [-0.15, -0.1) is 0 Å². The maximum Gasteiger partial charge on any atom is 0.303 e. The van der Waals surface area contributed by atoms with Crippen molar-refractivity contribution in [2.24, 2.45) is 0 Å². The normalized spacial score (nSPS) is 15.5. The number of rotatable bonds is 8. The zero-order valence-electron chi connectivity index (χ0n) is 11.9. The van der Waals surface area contributed by atoms with Crippen molar-refractivity contribution in [1.82, 2.24) is 5.32 Å². The van der Waals surface area contributed by atoms with Crippen molar-refractivity contribution in [2.75, 3.05) is 6.54 Å². The van der Waals surface area contributed by atoms with Crippen LogP contribution in [0.3, 0.4) is 0 Å². The number of carboxylic acid groups (broad SMARTS) is 1. The molecule has 4 nitrogen and oxygen atoms in total. The second-order valence-electron chi connectivity index (χ2n) is 5.66. The zero-order valence-corrected chi connectivity index (χ0v) is 12.7. The largest absolute Gasteiger partial charge is 0.481 e. The lowest BCUT2D eigenvalue weighted by Crippen LogP contribution is -2.32. The van der Waals surface area contributed by atoms with Crippen LogP contribution in [0.15, 0.2) is 24.3 Å². The molecule has 1 amide bonds. The Hall–Kier alpha value is -1.55. The highest BCUT2D eigenvalue weighted by molar-refractivity contribution is 6.30. The molecule has 1 saturated carbocycles. The Bertz CT molecular complexity index is 509. The summed E-state index contributed by atoms with van der Waals surface area (Å²) < 4.78 is 0. The maximum atomic E-state index is 11.8. The summed E-state index contributed by atoms with van der Waals surface area (Å²) in [4.78, 5) is 22.1. The molecule has 1 aliphatic carbocycles. The Kier molecular flexibility index (Phi) is 5.23. The SMILES string of the molecule is O=C(O)CCCCC(=O)NCC1(c2ccc(Cl)cc2)CC1. The zero-order chi connectivity index (χ0) is 15.3. The number of carboxylic acids is 1. The van der Waals surface area contributed by atoms with Gasteiger partial charge in [-0.25, -0.2) is 0 Å². The average Bonchev–Trinajstić information content (AvgIpc) is 3.23. The lowest BCUT2D eigenvalue weighted by molar-refractivity contribution is -0.137. The molecule has 0 spiro atoms. The Morgan fingerprint density at radius 1 is 1.14 bits per heavy atom. The highest BCUT2D eigenvalue weighted by Gasteiger charge is 2.44. The van der Waals surface area contributed by atoms with Gasteiger partial charge in [0, 0.05) is 29.8 Å². The van der Waals surface area contributed by atoms with Gasteiger partial charge in [0.05, 0.1) is 0 Å². The first-order valence-corrected chi connectivity index (χ1v) is 7.64. The van der Waals surface area contributed by atoms with Crippen molar-refractivity contribution in [1.29, 1.82) is 0 Å². The molecule has 1 aromatic rings. The van der Waals surface area contributed by atoms with Gasteiger partial charge in [0.1, 0.15) is 0 Å². The topological polar surface area (TPSA) is 66.4 Å². The third-order valence-electron chi connectivity index (χ3n) is 3.98. The van der Waals surface area contributed by atoms with E-state index in [2.05, 4.69) is 5.32 Å². The number of nitrogens with one attached hydrogen (secondary N) is 1. The molecule has 0 heterocycles. The summed E-state index contributed by atoms with van der Waals surface area (Å²) in [5, 5.41) is 12.2. The van der Waals surface area contributed by atoms with E-state index in [1.54, 1.807) is 0 Å². The number of hydrogen-bond donors (Lipinski definition) is 2. The fourth-order valence-electron chi connectivity index (χ4n) is 2.44. The minimum Gasteiger partial charge on any atom is -0.481 e. The Morgan fingerprint density at radius 2 is 1.76 bits per heavy atom. The van der Waals surface area contributed by atoms with E-state index in [4.69, 9.17) is 16.7 Å². The maximum absolute atomic E-state index is 11.8. The summed E-state index contributed by atoms with van der Waals surface area (Å²) in [5.41, 5.74) is 1.29. The molecule has 1 aliphatic rings. The molecule has 114 valence electrons. The Morgan fingerprint density at radius 3 is 2.33 bits per heavy atom. The molecular weight excluding hydrogens is 290 g/mol. The van der Waals surface area contributed by atoms with E-state index >= 15 is 0 Å². The van der Waals surface area contributed by atoms with E-state index in [-0.39, 0.29) is 17.7 Å². The number of unbranched alkanes of at least 4 members (excludes halogenated alkanes) is 1. The summed E-state index contributed by atoms with van der Waals surface area (Å²) in [6.45, 7) is 0.645. The highest BCUT2D eigenvalue weighted by atomic mass is 35.5. The first kappa shape index (κ1) is 15.8. The van der Waals surface area contributed by atoms with Crippen LogP contribution in [-0.2, 0) is 15.0 Å². The molecule has 0 saturated heterocycles. The van der Waals surface area contributed by atoms with Gasteiger partial charge in [-0.3, -0.25) is 9.59 Å². The lowest BCUT2D eigenvalue weighted by atomic mass is 9.96. The van der Waals surface area contributed by atoms with Crippen LogP contribution < -0.4 is 5.32 Å². The van der Waals surface area contributed by atoms with Crippen molar-refractivity contribution in [3.63, 3.8) is 0 Å². The molecule has 0 radical (unpaired) electrons. The van der Waals surface area contributed by atoms with Gasteiger partial charge in [-0.05, 0) is 43.4 Å². The number of halogens is 1. The van der Waals surface area contributed by atoms with Crippen molar-refractivity contribution < 1.29 is 14.7 Å². The molecule has 1 fully saturated rings. The van der Waals surface area contributed by atoms with Crippen LogP contribution in [0.5, 0.6) is 0 Å². The van der Waals surface area contributed by atoms with Gasteiger partial charge >= 0.3 is 5.97 Å². The molecular formula is C16H20ClNO3. The predicted octanol–water partition coefficient (Wildman–Crippen LogP) is 3.13. The first-order chi connectivity index (χ1) is 10.0. The van der Waals surface area contributed by atoms with Crippen molar-refractivity contribution in [3.05, 3.63) is 34.9 Å². The van der Waals surface area contributed by atoms with Gasteiger partial charge in [-0.1, -0.05) is 23.7 Å². The van der Waals surface area contributed by atoms with Crippen LogP contribution in [0, 0.1) is 0 Å². The van der Waals surface area contributed by atoms with E-state index < -0.39 is 5.97 Å². The summed E-state index contributed by atoms with van der Waals surface area (Å²) in [6, 6.07) is 7.80. The average molecular weight is 310 g/mol. The monoisotopic (exact) mass is 309 g/mol. The molecule has 0 aromatic heterocycles. The molecule has 1 aromatic carbocycles. The number of carbonyl (C=O) groups is 2. The van der Waals surface area contributed by atoms with E-state index in [1.807, 2.05) is 24.3 Å². The van der Waals surface area contributed by atoms with Crippen LogP contribution in [0.2, 0.25) is 5.02 Å². The van der Waals surface area contributed by atoms with E-state index in [0.717, 1.165) is 17.9 Å². The summed E-state index contributed by atoms with van der Waals surface area (Å²) in [6.07, 6.45) is 3.84. The quantitative estimate of drug-likeness (QED) is 0.725. The van der Waals surface area contributed by atoms with Gasteiger partial charge in [-0.2, -0.15) is 0 Å². The number of benzene rings is 1. The number of carbonyl (C=O) groups excluding carboxylic acids is 1. The van der Waals surface area contributed by atoms with Crippen molar-refractivity contribution in [2.45, 2.75) is 43.9 Å². The van der Waals surface area contributed by atoms with Crippen LogP contribution in [0.4, 0.5) is 0 Å². The summed E-state index contributed by atoms with van der Waals surface area (Å²) in [7, 11) is 0. The van der Waals surface area contributed by atoms with Gasteiger partial charge in [0.25, 0.3) is 0 Å².